The smallest absolute Gasteiger partial charge is 0.244 e. The van der Waals surface area contributed by atoms with Crippen molar-refractivity contribution in [3.05, 3.63) is 29.3 Å². The van der Waals surface area contributed by atoms with Gasteiger partial charge in [0.1, 0.15) is 11.0 Å². The number of hydrogen-bond donors (Lipinski definition) is 2. The first kappa shape index (κ1) is 15.9. The van der Waals surface area contributed by atoms with Gasteiger partial charge in [0.2, 0.25) is 15.9 Å². The van der Waals surface area contributed by atoms with Crippen LogP contribution < -0.4 is 11.5 Å². The molecule has 0 aromatic heterocycles. The Kier molecular flexibility index (Phi) is 4.31. The highest BCUT2D eigenvalue weighted by Gasteiger charge is 2.38. The lowest BCUT2D eigenvalue weighted by Crippen LogP contribution is -2.43. The summed E-state index contributed by atoms with van der Waals surface area (Å²) < 4.78 is 26.6. The maximum absolute atomic E-state index is 12.7. The molecule has 2 rings (SSSR count). The van der Waals surface area contributed by atoms with Gasteiger partial charge in [-0.25, -0.2) is 8.42 Å². The number of carbonyl (C=O) groups excluding carboxylic acids is 1. The van der Waals surface area contributed by atoms with Crippen molar-refractivity contribution in [3.8, 4) is 0 Å². The number of rotatable bonds is 4. The molecule has 1 atom stereocenters. The molecule has 1 heterocycles. The third-order valence-electron chi connectivity index (χ3n) is 3.58. The second-order valence-corrected chi connectivity index (χ2v) is 7.32. The third kappa shape index (κ3) is 2.92. The lowest BCUT2D eigenvalue weighted by atomic mass is 10.1. The molecule has 1 amide bonds. The van der Waals surface area contributed by atoms with Crippen molar-refractivity contribution in [2.45, 2.75) is 30.7 Å². The molecular formula is C13H17N3O3S2. The normalized spacial score (nSPS) is 19.6. The standard InChI is InChI=1S/C13H17N3O3S2/c1-8-7-9(13(15)20)4-5-11(8)21(18,19)16-6-2-3-10(16)12(14)17/h4-5,7,10H,2-3,6H2,1H3,(H2,14,17)(H2,15,20). The van der Waals surface area contributed by atoms with Crippen LogP contribution in [0, 0.1) is 6.92 Å². The summed E-state index contributed by atoms with van der Waals surface area (Å²) in [5, 5.41) is 0. The van der Waals surface area contributed by atoms with E-state index in [0.717, 1.165) is 0 Å². The minimum atomic E-state index is -3.76. The largest absolute Gasteiger partial charge is 0.389 e. The van der Waals surface area contributed by atoms with Gasteiger partial charge in [-0.2, -0.15) is 4.31 Å². The number of nitrogens with two attached hydrogens (primary N) is 2. The van der Waals surface area contributed by atoms with E-state index in [4.69, 9.17) is 23.7 Å². The molecule has 0 saturated carbocycles. The number of hydrogen-bond acceptors (Lipinski definition) is 4. The highest BCUT2D eigenvalue weighted by molar-refractivity contribution is 7.89. The van der Waals surface area contributed by atoms with Crippen LogP contribution in [0.3, 0.4) is 0 Å². The molecule has 114 valence electrons. The topological polar surface area (TPSA) is 106 Å². The quantitative estimate of drug-likeness (QED) is 0.772. The Labute approximate surface area is 129 Å². The minimum Gasteiger partial charge on any atom is -0.389 e. The second kappa shape index (κ2) is 5.70. The van der Waals surface area contributed by atoms with Crippen LogP contribution in [0.4, 0.5) is 0 Å². The van der Waals surface area contributed by atoms with Crippen molar-refractivity contribution < 1.29 is 13.2 Å². The van der Waals surface area contributed by atoms with E-state index in [-0.39, 0.29) is 9.88 Å². The lowest BCUT2D eigenvalue weighted by molar-refractivity contribution is -0.121. The molecule has 1 aromatic rings. The Morgan fingerprint density at radius 1 is 1.38 bits per heavy atom. The van der Waals surface area contributed by atoms with Gasteiger partial charge in [0.05, 0.1) is 4.90 Å². The molecule has 1 aliphatic rings. The van der Waals surface area contributed by atoms with Crippen LogP contribution in [0.5, 0.6) is 0 Å². The van der Waals surface area contributed by atoms with E-state index in [1.54, 1.807) is 19.1 Å². The van der Waals surface area contributed by atoms with Crippen molar-refractivity contribution >= 4 is 33.1 Å². The van der Waals surface area contributed by atoms with E-state index in [1.165, 1.54) is 10.4 Å². The minimum absolute atomic E-state index is 0.149. The van der Waals surface area contributed by atoms with Gasteiger partial charge in [0.25, 0.3) is 0 Å². The number of aryl methyl sites for hydroxylation is 1. The van der Waals surface area contributed by atoms with Crippen LogP contribution in [0.15, 0.2) is 23.1 Å². The number of sulfonamides is 1. The van der Waals surface area contributed by atoms with E-state index in [1.807, 2.05) is 0 Å². The van der Waals surface area contributed by atoms with Crippen molar-refractivity contribution in [3.63, 3.8) is 0 Å². The molecule has 6 nitrogen and oxygen atoms in total. The molecule has 0 bridgehead atoms. The van der Waals surface area contributed by atoms with Crippen molar-refractivity contribution in [1.82, 2.24) is 4.31 Å². The highest BCUT2D eigenvalue weighted by Crippen LogP contribution is 2.28. The van der Waals surface area contributed by atoms with Crippen LogP contribution in [0.1, 0.15) is 24.0 Å². The van der Waals surface area contributed by atoms with E-state index in [0.29, 0.717) is 30.5 Å². The van der Waals surface area contributed by atoms with Crippen LogP contribution in [0.2, 0.25) is 0 Å². The van der Waals surface area contributed by atoms with E-state index in [2.05, 4.69) is 0 Å². The van der Waals surface area contributed by atoms with E-state index < -0.39 is 22.0 Å². The first-order valence-corrected chi connectivity index (χ1v) is 8.31. The number of nitrogens with zero attached hydrogens (tertiary/aromatic N) is 1. The summed E-state index contributed by atoms with van der Waals surface area (Å²) in [5.41, 5.74) is 12.0. The van der Waals surface area contributed by atoms with Crippen molar-refractivity contribution in [1.29, 1.82) is 0 Å². The Morgan fingerprint density at radius 2 is 2.05 bits per heavy atom. The van der Waals surface area contributed by atoms with Crippen LogP contribution in [0.25, 0.3) is 0 Å². The molecule has 1 fully saturated rings. The summed E-state index contributed by atoms with van der Waals surface area (Å²) in [5.74, 6) is -0.617. The molecule has 1 saturated heterocycles. The predicted octanol–water partition coefficient (Wildman–Crippen LogP) is 0.268. The van der Waals surface area contributed by atoms with E-state index in [9.17, 15) is 13.2 Å². The SMILES string of the molecule is Cc1cc(C(N)=S)ccc1S(=O)(=O)N1CCCC1C(N)=O. The van der Waals surface area contributed by atoms with Gasteiger partial charge >= 0.3 is 0 Å². The van der Waals surface area contributed by atoms with Gasteiger partial charge in [0, 0.05) is 12.1 Å². The highest BCUT2D eigenvalue weighted by atomic mass is 32.2. The van der Waals surface area contributed by atoms with Gasteiger partial charge in [-0.05, 0) is 37.5 Å². The number of amides is 1. The van der Waals surface area contributed by atoms with Gasteiger partial charge in [-0.15, -0.1) is 0 Å². The average molecular weight is 327 g/mol. The summed E-state index contributed by atoms with van der Waals surface area (Å²) >= 11 is 4.88. The first-order valence-electron chi connectivity index (χ1n) is 6.47. The van der Waals surface area contributed by atoms with Gasteiger partial charge in [0.15, 0.2) is 0 Å². The molecule has 0 radical (unpaired) electrons. The van der Waals surface area contributed by atoms with Crippen LogP contribution in [-0.2, 0) is 14.8 Å². The summed E-state index contributed by atoms with van der Waals surface area (Å²) in [7, 11) is -3.76. The average Bonchev–Trinajstić information content (AvgIpc) is 2.88. The maximum atomic E-state index is 12.7. The molecule has 21 heavy (non-hydrogen) atoms. The van der Waals surface area contributed by atoms with Gasteiger partial charge in [-0.1, -0.05) is 18.3 Å². The Bertz CT molecular complexity index is 701. The number of thiocarbonyl (C=S) groups is 1. The molecule has 1 aliphatic heterocycles. The molecular weight excluding hydrogens is 310 g/mol. The summed E-state index contributed by atoms with van der Waals surface area (Å²) in [4.78, 5) is 11.8. The lowest BCUT2D eigenvalue weighted by Gasteiger charge is -2.22. The Morgan fingerprint density at radius 3 is 2.57 bits per heavy atom. The molecule has 1 aromatic carbocycles. The fourth-order valence-electron chi connectivity index (χ4n) is 2.53. The van der Waals surface area contributed by atoms with Gasteiger partial charge in [-0.3, -0.25) is 4.79 Å². The first-order chi connectivity index (χ1) is 9.75. The molecule has 1 unspecified atom stereocenters. The molecule has 0 aliphatic carbocycles. The maximum Gasteiger partial charge on any atom is 0.244 e. The molecule has 0 spiro atoms. The van der Waals surface area contributed by atoms with Crippen molar-refractivity contribution in [2.75, 3.05) is 6.54 Å². The number of primary amides is 1. The van der Waals surface area contributed by atoms with Gasteiger partial charge < -0.3 is 11.5 Å². The van der Waals surface area contributed by atoms with E-state index >= 15 is 0 Å². The summed E-state index contributed by atoms with van der Waals surface area (Å²) in [6.45, 7) is 1.97. The zero-order valence-corrected chi connectivity index (χ0v) is 13.2. The van der Waals surface area contributed by atoms with Crippen LogP contribution in [-0.4, -0.2) is 36.2 Å². The Hall–Kier alpha value is -1.51. The number of benzene rings is 1. The third-order valence-corrected chi connectivity index (χ3v) is 5.88. The fourth-order valence-corrected chi connectivity index (χ4v) is 4.53. The Balaban J connectivity index is 2.45. The summed E-state index contributed by atoms with van der Waals surface area (Å²) in [6, 6.07) is 3.89. The predicted molar refractivity (Wildman–Crippen MR) is 83.2 cm³/mol. The zero-order chi connectivity index (χ0) is 15.8. The summed E-state index contributed by atoms with van der Waals surface area (Å²) in [6.07, 6.45) is 1.08. The van der Waals surface area contributed by atoms with Crippen molar-refractivity contribution in [2.24, 2.45) is 11.5 Å². The number of carbonyl (C=O) groups is 1. The van der Waals surface area contributed by atoms with Crippen LogP contribution >= 0.6 is 12.2 Å². The zero-order valence-electron chi connectivity index (χ0n) is 11.6. The second-order valence-electron chi connectivity index (χ2n) is 5.02. The fraction of sp³-hybridized carbons (Fsp3) is 0.385. The molecule has 4 N–H and O–H groups in total. The monoisotopic (exact) mass is 327 g/mol. The molecule has 8 heteroatoms.